The lowest BCUT2D eigenvalue weighted by atomic mass is 9.72. The van der Waals surface area contributed by atoms with E-state index in [4.69, 9.17) is 9.84 Å². The first kappa shape index (κ1) is 19.0. The Morgan fingerprint density at radius 2 is 2.00 bits per heavy atom. The van der Waals surface area contributed by atoms with Crippen LogP contribution in [0.4, 0.5) is 16.2 Å². The lowest BCUT2D eigenvalue weighted by Gasteiger charge is -2.53. The Balaban J connectivity index is 1.64. The van der Waals surface area contributed by atoms with E-state index in [1.165, 1.54) is 12.0 Å². The number of ether oxygens (including phenoxy) is 1. The fourth-order valence-electron chi connectivity index (χ4n) is 4.35. The third-order valence-electron chi connectivity index (χ3n) is 6.00. The van der Waals surface area contributed by atoms with Crippen LogP contribution in [-0.2, 0) is 7.05 Å². The number of carbonyl (C=O) groups is 1. The summed E-state index contributed by atoms with van der Waals surface area (Å²) in [6, 6.07) is 3.27. The van der Waals surface area contributed by atoms with Crippen molar-refractivity contribution in [3.8, 4) is 16.9 Å². The molecule has 2 saturated heterocycles. The molecular formula is C19H23N5O5. The van der Waals surface area contributed by atoms with Crippen molar-refractivity contribution in [1.29, 1.82) is 0 Å². The minimum atomic E-state index is -0.864. The number of nitro benzene ring substituents is 1. The minimum Gasteiger partial charge on any atom is -0.490 e. The van der Waals surface area contributed by atoms with Crippen LogP contribution >= 0.6 is 0 Å². The van der Waals surface area contributed by atoms with Crippen molar-refractivity contribution in [3.05, 3.63) is 34.6 Å². The fraction of sp³-hybridized carbons (Fsp3) is 0.474. The van der Waals surface area contributed by atoms with Gasteiger partial charge in [0.15, 0.2) is 5.75 Å². The van der Waals surface area contributed by atoms with E-state index >= 15 is 0 Å². The molecule has 154 valence electrons. The molecule has 2 fully saturated rings. The summed E-state index contributed by atoms with van der Waals surface area (Å²) >= 11 is 0. The molecular weight excluding hydrogens is 378 g/mol. The van der Waals surface area contributed by atoms with Crippen LogP contribution in [0, 0.1) is 15.5 Å². The number of methoxy groups -OCH3 is 1. The molecule has 10 heteroatoms. The molecule has 2 aromatic rings. The lowest BCUT2D eigenvalue weighted by molar-refractivity contribution is -0.385. The number of rotatable bonds is 4. The Kier molecular flexibility index (Phi) is 4.56. The summed E-state index contributed by atoms with van der Waals surface area (Å²) in [5.41, 5.74) is 2.37. The summed E-state index contributed by atoms with van der Waals surface area (Å²) in [4.78, 5) is 25.8. The van der Waals surface area contributed by atoms with Crippen molar-refractivity contribution in [2.24, 2.45) is 12.5 Å². The first-order chi connectivity index (χ1) is 13.8. The standard InChI is InChI=1S/C19H23N5O5/c1-21-10-13(9-20-21)14-7-16(24(27)28)17(29-2)8-15(14)22-5-3-19(4-6-22)11-23(12-19)18(25)26/h7-10H,3-6,11-12H2,1-2H3,(H,25,26). The summed E-state index contributed by atoms with van der Waals surface area (Å²) in [7, 11) is 3.23. The number of hydrogen-bond acceptors (Lipinski definition) is 6. The highest BCUT2D eigenvalue weighted by Crippen LogP contribution is 2.45. The monoisotopic (exact) mass is 401 g/mol. The van der Waals surface area contributed by atoms with Crippen LogP contribution in [0.25, 0.3) is 11.1 Å². The maximum atomic E-state index is 11.5. The number of benzene rings is 1. The second kappa shape index (κ2) is 6.94. The van der Waals surface area contributed by atoms with Gasteiger partial charge in [-0.2, -0.15) is 5.10 Å². The van der Waals surface area contributed by atoms with Crippen molar-refractivity contribution < 1.29 is 19.6 Å². The van der Waals surface area contributed by atoms with E-state index in [1.54, 1.807) is 30.1 Å². The predicted molar refractivity (Wildman–Crippen MR) is 105 cm³/mol. The molecule has 3 heterocycles. The third-order valence-corrected chi connectivity index (χ3v) is 6.00. The molecule has 0 saturated carbocycles. The van der Waals surface area contributed by atoms with E-state index in [0.29, 0.717) is 13.1 Å². The van der Waals surface area contributed by atoms with Crippen molar-refractivity contribution >= 4 is 17.5 Å². The van der Waals surface area contributed by atoms with Gasteiger partial charge in [0.1, 0.15) is 0 Å². The predicted octanol–water partition coefficient (Wildman–Crippen LogP) is 2.58. The summed E-state index contributed by atoms with van der Waals surface area (Å²) in [5, 5.41) is 24.8. The molecule has 0 aliphatic carbocycles. The second-order valence-corrected chi connectivity index (χ2v) is 7.83. The van der Waals surface area contributed by atoms with Gasteiger partial charge in [0.2, 0.25) is 0 Å². The Morgan fingerprint density at radius 1 is 1.31 bits per heavy atom. The molecule has 0 unspecified atom stereocenters. The largest absolute Gasteiger partial charge is 0.490 e. The minimum absolute atomic E-state index is 0.0498. The third kappa shape index (κ3) is 3.34. The molecule has 1 aromatic heterocycles. The van der Waals surface area contributed by atoms with Gasteiger partial charge >= 0.3 is 11.8 Å². The van der Waals surface area contributed by atoms with Crippen LogP contribution in [0.15, 0.2) is 24.5 Å². The quantitative estimate of drug-likeness (QED) is 0.619. The molecule has 10 nitrogen and oxygen atoms in total. The highest BCUT2D eigenvalue weighted by molar-refractivity contribution is 5.82. The van der Waals surface area contributed by atoms with Crippen LogP contribution in [0.2, 0.25) is 0 Å². The SMILES string of the molecule is COc1cc(N2CCC3(CC2)CN(C(=O)O)C3)c(-c2cnn(C)c2)cc1[N+](=O)[O-]. The zero-order valence-corrected chi connectivity index (χ0v) is 16.4. The topological polar surface area (TPSA) is 114 Å². The number of piperidine rings is 1. The number of nitro groups is 1. The van der Waals surface area contributed by atoms with E-state index in [9.17, 15) is 14.9 Å². The first-order valence-electron chi connectivity index (χ1n) is 9.40. The van der Waals surface area contributed by atoms with Crippen LogP contribution in [0.5, 0.6) is 5.75 Å². The van der Waals surface area contributed by atoms with E-state index in [2.05, 4.69) is 10.00 Å². The molecule has 0 bridgehead atoms. The summed E-state index contributed by atoms with van der Waals surface area (Å²) < 4.78 is 6.95. The van der Waals surface area contributed by atoms with Gasteiger partial charge in [-0.15, -0.1) is 0 Å². The number of carboxylic acid groups (broad SMARTS) is 1. The molecule has 0 radical (unpaired) electrons. The van der Waals surface area contributed by atoms with E-state index in [1.807, 2.05) is 6.20 Å². The number of hydrogen-bond donors (Lipinski definition) is 1. The van der Waals surface area contributed by atoms with Crippen LogP contribution in [-0.4, -0.2) is 64.1 Å². The zero-order chi connectivity index (χ0) is 20.8. The van der Waals surface area contributed by atoms with Gasteiger partial charge in [-0.25, -0.2) is 4.79 Å². The Labute approximate surface area is 167 Å². The fourth-order valence-corrected chi connectivity index (χ4v) is 4.35. The lowest BCUT2D eigenvalue weighted by Crippen LogP contribution is -2.61. The van der Waals surface area contributed by atoms with E-state index < -0.39 is 11.0 Å². The maximum Gasteiger partial charge on any atom is 0.407 e. The molecule has 0 atom stereocenters. The molecule has 1 spiro atoms. The van der Waals surface area contributed by atoms with Crippen molar-refractivity contribution in [3.63, 3.8) is 0 Å². The molecule has 4 rings (SSSR count). The summed E-state index contributed by atoms with van der Waals surface area (Å²) in [6.45, 7) is 2.66. The maximum absolute atomic E-state index is 11.5. The number of aromatic nitrogens is 2. The zero-order valence-electron chi connectivity index (χ0n) is 16.4. The number of likely N-dealkylation sites (tertiary alicyclic amines) is 1. The van der Waals surface area contributed by atoms with Gasteiger partial charge in [-0.1, -0.05) is 0 Å². The average molecular weight is 401 g/mol. The highest BCUT2D eigenvalue weighted by atomic mass is 16.6. The summed E-state index contributed by atoms with van der Waals surface area (Å²) in [6.07, 6.45) is 4.41. The molecule has 1 N–H and O–H groups in total. The number of aryl methyl sites for hydroxylation is 1. The average Bonchev–Trinajstić information content (AvgIpc) is 3.11. The smallest absolute Gasteiger partial charge is 0.407 e. The Bertz CT molecular complexity index is 956. The van der Waals surface area contributed by atoms with E-state index in [0.717, 1.165) is 42.7 Å². The van der Waals surface area contributed by atoms with Crippen molar-refractivity contribution in [2.75, 3.05) is 38.2 Å². The Morgan fingerprint density at radius 3 is 2.52 bits per heavy atom. The van der Waals surface area contributed by atoms with Crippen LogP contribution in [0.1, 0.15) is 12.8 Å². The van der Waals surface area contributed by atoms with Gasteiger partial charge in [-0.3, -0.25) is 14.8 Å². The van der Waals surface area contributed by atoms with Crippen LogP contribution < -0.4 is 9.64 Å². The normalized spacial score (nSPS) is 17.9. The second-order valence-electron chi connectivity index (χ2n) is 7.83. The van der Waals surface area contributed by atoms with Gasteiger partial charge in [0, 0.05) is 73.8 Å². The Hall–Kier alpha value is -3.30. The van der Waals surface area contributed by atoms with Crippen molar-refractivity contribution in [1.82, 2.24) is 14.7 Å². The molecule has 1 amide bonds. The molecule has 2 aliphatic rings. The molecule has 2 aliphatic heterocycles. The highest BCUT2D eigenvalue weighted by Gasteiger charge is 2.47. The first-order valence-corrected chi connectivity index (χ1v) is 9.40. The van der Waals surface area contributed by atoms with E-state index in [-0.39, 0.29) is 16.9 Å². The number of amides is 1. The summed E-state index contributed by atoms with van der Waals surface area (Å²) in [5.74, 6) is 0.221. The van der Waals surface area contributed by atoms with Crippen LogP contribution in [0.3, 0.4) is 0 Å². The van der Waals surface area contributed by atoms with Gasteiger partial charge in [-0.05, 0) is 12.8 Å². The number of nitrogens with zero attached hydrogens (tertiary/aromatic N) is 5. The molecule has 29 heavy (non-hydrogen) atoms. The van der Waals surface area contributed by atoms with Gasteiger partial charge in [0.25, 0.3) is 0 Å². The number of anilines is 1. The van der Waals surface area contributed by atoms with Gasteiger partial charge < -0.3 is 19.6 Å². The van der Waals surface area contributed by atoms with Gasteiger partial charge in [0.05, 0.1) is 18.2 Å². The van der Waals surface area contributed by atoms with Crippen molar-refractivity contribution in [2.45, 2.75) is 12.8 Å². The molecule has 1 aromatic carbocycles.